The van der Waals surface area contributed by atoms with Crippen LogP contribution in [0.2, 0.25) is 0 Å². The summed E-state index contributed by atoms with van der Waals surface area (Å²) in [7, 11) is 0. The molecular formula is C9H16O. The highest BCUT2D eigenvalue weighted by molar-refractivity contribution is 5.08. The van der Waals surface area contributed by atoms with E-state index in [1.54, 1.807) is 0 Å². The maximum Gasteiger partial charge on any atom is 0.0920 e. The summed E-state index contributed by atoms with van der Waals surface area (Å²) in [5.41, 5.74) is 1.54. The van der Waals surface area contributed by atoms with E-state index in [4.69, 9.17) is 4.74 Å². The lowest BCUT2D eigenvalue weighted by Gasteiger charge is -2.18. The van der Waals surface area contributed by atoms with Crippen LogP contribution in [0.1, 0.15) is 39.5 Å². The van der Waals surface area contributed by atoms with Crippen molar-refractivity contribution in [1.29, 1.82) is 0 Å². The average molecular weight is 140 g/mol. The molecule has 0 N–H and O–H groups in total. The summed E-state index contributed by atoms with van der Waals surface area (Å²) in [4.78, 5) is 0. The maximum atomic E-state index is 5.42. The van der Waals surface area contributed by atoms with E-state index in [1.807, 2.05) is 0 Å². The quantitative estimate of drug-likeness (QED) is 0.573. The normalized spacial score (nSPS) is 19.0. The molecule has 1 rings (SSSR count). The van der Waals surface area contributed by atoms with Gasteiger partial charge in [0.2, 0.25) is 0 Å². The van der Waals surface area contributed by atoms with Gasteiger partial charge in [-0.3, -0.25) is 0 Å². The number of allylic oxidation sites excluding steroid dienone is 2. The molecule has 0 spiro atoms. The van der Waals surface area contributed by atoms with Crippen LogP contribution in [-0.2, 0) is 4.74 Å². The summed E-state index contributed by atoms with van der Waals surface area (Å²) in [6.07, 6.45) is 4.95. The minimum absolute atomic E-state index is 0.930. The van der Waals surface area contributed by atoms with Crippen LogP contribution in [0.5, 0.6) is 0 Å². The Balaban J connectivity index is 2.50. The predicted octanol–water partition coefficient (Wildman–Crippen LogP) is 2.87. The first kappa shape index (κ1) is 7.64. The van der Waals surface area contributed by atoms with Crippen molar-refractivity contribution in [1.82, 2.24) is 0 Å². The molecule has 1 heteroatoms. The molecule has 0 radical (unpaired) electrons. The second-order valence-electron chi connectivity index (χ2n) is 2.86. The van der Waals surface area contributed by atoms with E-state index in [0.717, 1.165) is 6.61 Å². The smallest absolute Gasteiger partial charge is 0.0920 e. The molecule has 0 saturated heterocycles. The van der Waals surface area contributed by atoms with Crippen LogP contribution in [0.15, 0.2) is 11.3 Å². The van der Waals surface area contributed by atoms with Gasteiger partial charge in [0, 0.05) is 0 Å². The molecule has 1 aliphatic heterocycles. The lowest BCUT2D eigenvalue weighted by atomic mass is 10.0. The highest BCUT2D eigenvalue weighted by Crippen LogP contribution is 2.22. The first-order valence-corrected chi connectivity index (χ1v) is 4.16. The van der Waals surface area contributed by atoms with Gasteiger partial charge in [-0.05, 0) is 31.8 Å². The second kappa shape index (κ2) is 3.65. The molecule has 1 nitrogen and oxygen atoms in total. The zero-order chi connectivity index (χ0) is 7.40. The molecular weight excluding hydrogens is 124 g/mol. The van der Waals surface area contributed by atoms with Crippen molar-refractivity contribution < 1.29 is 4.74 Å². The molecule has 0 amide bonds. The highest BCUT2D eigenvalue weighted by atomic mass is 16.5. The molecule has 0 aromatic carbocycles. The Morgan fingerprint density at radius 1 is 1.50 bits per heavy atom. The van der Waals surface area contributed by atoms with Gasteiger partial charge >= 0.3 is 0 Å². The molecule has 0 saturated carbocycles. The first-order valence-electron chi connectivity index (χ1n) is 4.16. The van der Waals surface area contributed by atoms with E-state index in [1.165, 1.54) is 37.0 Å². The minimum atomic E-state index is 0.930. The molecule has 0 bridgehead atoms. The summed E-state index contributed by atoms with van der Waals surface area (Å²) in [6, 6.07) is 0. The van der Waals surface area contributed by atoms with Gasteiger partial charge in [0.25, 0.3) is 0 Å². The molecule has 0 aliphatic carbocycles. The average Bonchev–Trinajstić information content (AvgIpc) is 1.94. The standard InChI is InChI=1S/C9H16O/c1-3-5-9-6-4-7-10-8(9)2/h3-7H2,1-2H3. The topological polar surface area (TPSA) is 9.23 Å². The van der Waals surface area contributed by atoms with Crippen LogP contribution < -0.4 is 0 Å². The number of rotatable bonds is 2. The van der Waals surface area contributed by atoms with Gasteiger partial charge in [0.15, 0.2) is 0 Å². The van der Waals surface area contributed by atoms with Crippen molar-refractivity contribution in [2.45, 2.75) is 39.5 Å². The Morgan fingerprint density at radius 3 is 2.90 bits per heavy atom. The van der Waals surface area contributed by atoms with Crippen LogP contribution >= 0.6 is 0 Å². The molecule has 10 heavy (non-hydrogen) atoms. The van der Waals surface area contributed by atoms with Gasteiger partial charge in [-0.1, -0.05) is 13.3 Å². The monoisotopic (exact) mass is 140 g/mol. The van der Waals surface area contributed by atoms with Crippen molar-refractivity contribution in [3.8, 4) is 0 Å². The van der Waals surface area contributed by atoms with E-state index in [2.05, 4.69) is 13.8 Å². The van der Waals surface area contributed by atoms with Gasteiger partial charge in [-0.25, -0.2) is 0 Å². The van der Waals surface area contributed by atoms with Crippen LogP contribution in [0, 0.1) is 0 Å². The van der Waals surface area contributed by atoms with E-state index in [9.17, 15) is 0 Å². The van der Waals surface area contributed by atoms with Crippen molar-refractivity contribution >= 4 is 0 Å². The van der Waals surface area contributed by atoms with Crippen LogP contribution in [0.3, 0.4) is 0 Å². The Labute approximate surface area is 63.1 Å². The second-order valence-corrected chi connectivity index (χ2v) is 2.86. The Morgan fingerprint density at radius 2 is 2.30 bits per heavy atom. The number of hydrogen-bond acceptors (Lipinski definition) is 1. The predicted molar refractivity (Wildman–Crippen MR) is 42.8 cm³/mol. The molecule has 0 fully saturated rings. The third-order valence-corrected chi connectivity index (χ3v) is 1.99. The maximum absolute atomic E-state index is 5.42. The summed E-state index contributed by atoms with van der Waals surface area (Å²) < 4.78 is 5.42. The van der Waals surface area contributed by atoms with Crippen molar-refractivity contribution in [2.75, 3.05) is 6.61 Å². The fourth-order valence-corrected chi connectivity index (χ4v) is 1.39. The van der Waals surface area contributed by atoms with Gasteiger partial charge in [0.05, 0.1) is 12.4 Å². The summed E-state index contributed by atoms with van der Waals surface area (Å²) >= 11 is 0. The van der Waals surface area contributed by atoms with E-state index >= 15 is 0 Å². The van der Waals surface area contributed by atoms with Gasteiger partial charge in [-0.2, -0.15) is 0 Å². The summed E-state index contributed by atoms with van der Waals surface area (Å²) in [5, 5.41) is 0. The Hall–Kier alpha value is -0.460. The zero-order valence-corrected chi connectivity index (χ0v) is 6.94. The van der Waals surface area contributed by atoms with Gasteiger partial charge < -0.3 is 4.74 Å². The largest absolute Gasteiger partial charge is 0.498 e. The lowest BCUT2D eigenvalue weighted by Crippen LogP contribution is -2.04. The molecule has 1 aliphatic rings. The fourth-order valence-electron chi connectivity index (χ4n) is 1.39. The molecule has 0 unspecified atom stereocenters. The highest BCUT2D eigenvalue weighted by Gasteiger charge is 2.07. The molecule has 0 aromatic rings. The Kier molecular flexibility index (Phi) is 2.79. The third-order valence-electron chi connectivity index (χ3n) is 1.99. The van der Waals surface area contributed by atoms with Crippen molar-refractivity contribution in [3.63, 3.8) is 0 Å². The first-order chi connectivity index (χ1) is 4.84. The SMILES string of the molecule is CCCC1=C(C)OCCC1. The van der Waals surface area contributed by atoms with Crippen LogP contribution in [0.25, 0.3) is 0 Å². The van der Waals surface area contributed by atoms with Gasteiger partial charge in [0.1, 0.15) is 0 Å². The van der Waals surface area contributed by atoms with Gasteiger partial charge in [-0.15, -0.1) is 0 Å². The van der Waals surface area contributed by atoms with E-state index in [0.29, 0.717) is 0 Å². The molecule has 58 valence electrons. The van der Waals surface area contributed by atoms with E-state index in [-0.39, 0.29) is 0 Å². The number of ether oxygens (including phenoxy) is 1. The number of hydrogen-bond donors (Lipinski definition) is 0. The van der Waals surface area contributed by atoms with Crippen LogP contribution in [-0.4, -0.2) is 6.61 Å². The Bertz CT molecular complexity index is 136. The fraction of sp³-hybridized carbons (Fsp3) is 0.778. The summed E-state index contributed by atoms with van der Waals surface area (Å²) in [5.74, 6) is 1.19. The van der Waals surface area contributed by atoms with E-state index < -0.39 is 0 Å². The summed E-state index contributed by atoms with van der Waals surface area (Å²) in [6.45, 7) is 5.23. The lowest BCUT2D eigenvalue weighted by molar-refractivity contribution is 0.187. The molecule has 0 atom stereocenters. The van der Waals surface area contributed by atoms with Crippen molar-refractivity contribution in [2.24, 2.45) is 0 Å². The third kappa shape index (κ3) is 1.76. The molecule has 1 heterocycles. The minimum Gasteiger partial charge on any atom is -0.498 e. The van der Waals surface area contributed by atoms with Crippen LogP contribution in [0.4, 0.5) is 0 Å². The van der Waals surface area contributed by atoms with Crippen molar-refractivity contribution in [3.05, 3.63) is 11.3 Å². The zero-order valence-electron chi connectivity index (χ0n) is 6.94. The molecule has 0 aromatic heterocycles.